The number of amides is 1. The first-order valence-electron chi connectivity index (χ1n) is 11.4. The minimum atomic E-state index is -0.147. The summed E-state index contributed by atoms with van der Waals surface area (Å²) in [5.74, 6) is 1.22. The van der Waals surface area contributed by atoms with Gasteiger partial charge in [0.2, 0.25) is 6.79 Å². The van der Waals surface area contributed by atoms with Crippen molar-refractivity contribution in [3.63, 3.8) is 0 Å². The first kappa shape index (κ1) is 22.5. The molecule has 2 N–H and O–H groups in total. The van der Waals surface area contributed by atoms with Crippen molar-refractivity contribution in [2.75, 3.05) is 30.5 Å². The highest BCUT2D eigenvalue weighted by atomic mass is 79.9. The lowest BCUT2D eigenvalue weighted by molar-refractivity contribution is -0.110. The summed E-state index contributed by atoms with van der Waals surface area (Å²) in [7, 11) is 0. The Hall–Kier alpha value is -3.29. The number of carbonyl (C=O) groups is 1. The second-order valence-electron chi connectivity index (χ2n) is 8.25. The number of ether oxygens (including phenoxy) is 2. The molecule has 1 amide bonds. The largest absolute Gasteiger partial charge is 0.454 e. The Morgan fingerprint density at radius 1 is 1.00 bits per heavy atom. The maximum absolute atomic E-state index is 13.1. The standard InChI is InChI=1S/C27H26BrN3O3/c1-3-31(4-2)15-17-5-9-20(10-6-17)29-26(18-7-12-23-24(13-18)34-16-33-23)25-21-11-8-19(28)14-22(21)30-27(25)32/h5-14,29H,3-4,15-16H2,1-2H3,(H,30,32)/b26-25-. The van der Waals surface area contributed by atoms with E-state index in [1.165, 1.54) is 5.56 Å². The molecule has 3 aromatic rings. The molecule has 0 aromatic heterocycles. The van der Waals surface area contributed by atoms with E-state index in [-0.39, 0.29) is 12.7 Å². The van der Waals surface area contributed by atoms with Gasteiger partial charge in [-0.2, -0.15) is 0 Å². The molecule has 5 rings (SSSR count). The van der Waals surface area contributed by atoms with Gasteiger partial charge in [0.05, 0.1) is 17.0 Å². The SMILES string of the molecule is CCN(CC)Cc1ccc(N/C(=C2\C(=O)Nc3cc(Br)ccc32)c2ccc3c(c2)OCO3)cc1. The van der Waals surface area contributed by atoms with Crippen molar-refractivity contribution in [3.05, 3.63) is 81.8 Å². The predicted octanol–water partition coefficient (Wildman–Crippen LogP) is 5.95. The van der Waals surface area contributed by atoms with E-state index in [9.17, 15) is 4.79 Å². The Kier molecular flexibility index (Phi) is 6.30. The minimum absolute atomic E-state index is 0.147. The van der Waals surface area contributed by atoms with Gasteiger partial charge in [0.1, 0.15) is 0 Å². The van der Waals surface area contributed by atoms with E-state index in [0.29, 0.717) is 22.8 Å². The van der Waals surface area contributed by atoms with Gasteiger partial charge < -0.3 is 20.1 Å². The zero-order valence-electron chi connectivity index (χ0n) is 19.2. The molecule has 0 saturated heterocycles. The first-order valence-corrected chi connectivity index (χ1v) is 12.2. The van der Waals surface area contributed by atoms with Crippen LogP contribution in [0.4, 0.5) is 11.4 Å². The van der Waals surface area contributed by atoms with Gasteiger partial charge in [0, 0.05) is 27.8 Å². The third-order valence-electron chi connectivity index (χ3n) is 6.16. The average Bonchev–Trinajstić information content (AvgIpc) is 3.44. The molecule has 0 fully saturated rings. The quantitative estimate of drug-likeness (QED) is 0.377. The van der Waals surface area contributed by atoms with E-state index in [1.54, 1.807) is 0 Å². The van der Waals surface area contributed by atoms with Gasteiger partial charge in [0.15, 0.2) is 11.5 Å². The fourth-order valence-corrected chi connectivity index (χ4v) is 4.63. The molecule has 0 radical (unpaired) electrons. The summed E-state index contributed by atoms with van der Waals surface area (Å²) >= 11 is 3.49. The molecule has 2 heterocycles. The summed E-state index contributed by atoms with van der Waals surface area (Å²) in [6.07, 6.45) is 0. The molecular formula is C27H26BrN3O3. The topological polar surface area (TPSA) is 62.8 Å². The summed E-state index contributed by atoms with van der Waals surface area (Å²) in [6, 6.07) is 19.9. The number of hydrogen-bond acceptors (Lipinski definition) is 5. The zero-order valence-corrected chi connectivity index (χ0v) is 20.7. The highest BCUT2D eigenvalue weighted by Gasteiger charge is 2.29. The molecule has 34 heavy (non-hydrogen) atoms. The van der Waals surface area contributed by atoms with Crippen LogP contribution in [0.1, 0.15) is 30.5 Å². The van der Waals surface area contributed by atoms with Gasteiger partial charge in [-0.1, -0.05) is 48.0 Å². The number of rotatable bonds is 7. The van der Waals surface area contributed by atoms with E-state index in [4.69, 9.17) is 9.47 Å². The Labute approximate surface area is 207 Å². The van der Waals surface area contributed by atoms with Crippen molar-refractivity contribution >= 4 is 44.5 Å². The van der Waals surface area contributed by atoms with Crippen molar-refractivity contribution in [2.45, 2.75) is 20.4 Å². The molecule has 2 aliphatic rings. The Morgan fingerprint density at radius 3 is 2.53 bits per heavy atom. The van der Waals surface area contributed by atoms with Crippen LogP contribution >= 0.6 is 15.9 Å². The molecule has 0 saturated carbocycles. The van der Waals surface area contributed by atoms with Crippen LogP contribution in [0, 0.1) is 0 Å². The van der Waals surface area contributed by atoms with Crippen molar-refractivity contribution in [3.8, 4) is 11.5 Å². The van der Waals surface area contributed by atoms with Gasteiger partial charge in [-0.3, -0.25) is 9.69 Å². The van der Waals surface area contributed by atoms with Crippen molar-refractivity contribution in [1.82, 2.24) is 4.90 Å². The molecule has 7 heteroatoms. The van der Waals surface area contributed by atoms with Gasteiger partial charge in [-0.05, 0) is 61.1 Å². The number of anilines is 2. The number of nitrogens with zero attached hydrogens (tertiary/aromatic N) is 1. The lowest BCUT2D eigenvalue weighted by atomic mass is 9.99. The minimum Gasteiger partial charge on any atom is -0.454 e. The summed E-state index contributed by atoms with van der Waals surface area (Å²) in [6.45, 7) is 7.49. The number of nitrogens with one attached hydrogen (secondary N) is 2. The monoisotopic (exact) mass is 519 g/mol. The summed E-state index contributed by atoms with van der Waals surface area (Å²) < 4.78 is 12.0. The molecule has 6 nitrogen and oxygen atoms in total. The van der Waals surface area contributed by atoms with Crippen LogP contribution in [-0.2, 0) is 11.3 Å². The highest BCUT2D eigenvalue weighted by molar-refractivity contribution is 9.10. The molecule has 0 aliphatic carbocycles. The molecule has 174 valence electrons. The van der Waals surface area contributed by atoms with E-state index >= 15 is 0 Å². The maximum atomic E-state index is 13.1. The number of halogens is 1. The molecule has 2 aliphatic heterocycles. The fourth-order valence-electron chi connectivity index (χ4n) is 4.27. The summed E-state index contributed by atoms with van der Waals surface area (Å²) in [5.41, 5.74) is 5.94. The zero-order chi connectivity index (χ0) is 23.7. The van der Waals surface area contributed by atoms with E-state index in [0.717, 1.165) is 46.6 Å². The smallest absolute Gasteiger partial charge is 0.258 e. The number of carbonyl (C=O) groups excluding carboxylic acids is 1. The molecule has 0 atom stereocenters. The summed E-state index contributed by atoms with van der Waals surface area (Å²) in [5, 5.41) is 6.51. The van der Waals surface area contributed by atoms with Crippen LogP contribution in [0.2, 0.25) is 0 Å². The molecule has 0 spiro atoms. The Balaban J connectivity index is 1.55. The van der Waals surface area contributed by atoms with Crippen LogP contribution in [0.3, 0.4) is 0 Å². The third kappa shape index (κ3) is 4.41. The number of hydrogen-bond donors (Lipinski definition) is 2. The van der Waals surface area contributed by atoms with E-state index in [1.807, 2.05) is 36.4 Å². The van der Waals surface area contributed by atoms with E-state index in [2.05, 4.69) is 69.6 Å². The van der Waals surface area contributed by atoms with Gasteiger partial charge in [-0.25, -0.2) is 0 Å². The maximum Gasteiger partial charge on any atom is 0.258 e. The molecular weight excluding hydrogens is 494 g/mol. The Morgan fingerprint density at radius 2 is 1.76 bits per heavy atom. The first-order chi connectivity index (χ1) is 16.6. The van der Waals surface area contributed by atoms with E-state index < -0.39 is 0 Å². The second-order valence-corrected chi connectivity index (χ2v) is 9.16. The van der Waals surface area contributed by atoms with Crippen LogP contribution in [0.15, 0.2) is 65.1 Å². The number of benzene rings is 3. The van der Waals surface area contributed by atoms with Crippen molar-refractivity contribution < 1.29 is 14.3 Å². The van der Waals surface area contributed by atoms with Crippen LogP contribution in [-0.4, -0.2) is 30.7 Å². The van der Waals surface area contributed by atoms with Crippen LogP contribution in [0.25, 0.3) is 11.3 Å². The molecule has 0 unspecified atom stereocenters. The van der Waals surface area contributed by atoms with Crippen molar-refractivity contribution in [2.24, 2.45) is 0 Å². The van der Waals surface area contributed by atoms with Gasteiger partial charge in [0.25, 0.3) is 5.91 Å². The third-order valence-corrected chi connectivity index (χ3v) is 6.65. The fraction of sp³-hybridized carbons (Fsp3) is 0.222. The molecule has 0 bridgehead atoms. The van der Waals surface area contributed by atoms with Crippen LogP contribution in [0.5, 0.6) is 11.5 Å². The second kappa shape index (κ2) is 9.52. The lowest BCUT2D eigenvalue weighted by Crippen LogP contribution is -2.22. The van der Waals surface area contributed by atoms with Gasteiger partial charge >= 0.3 is 0 Å². The number of fused-ring (bicyclic) bond motifs is 2. The highest BCUT2D eigenvalue weighted by Crippen LogP contribution is 2.41. The summed E-state index contributed by atoms with van der Waals surface area (Å²) in [4.78, 5) is 15.5. The van der Waals surface area contributed by atoms with Crippen molar-refractivity contribution in [1.29, 1.82) is 0 Å². The van der Waals surface area contributed by atoms with Crippen LogP contribution < -0.4 is 20.1 Å². The predicted molar refractivity (Wildman–Crippen MR) is 139 cm³/mol. The molecule has 3 aromatic carbocycles. The Bertz CT molecular complexity index is 1270. The van der Waals surface area contributed by atoms with Gasteiger partial charge in [-0.15, -0.1) is 0 Å². The normalized spacial score (nSPS) is 15.4. The average molecular weight is 520 g/mol. The lowest BCUT2D eigenvalue weighted by Gasteiger charge is -2.19.